The lowest BCUT2D eigenvalue weighted by Gasteiger charge is -2.31. The van der Waals surface area contributed by atoms with Crippen LogP contribution in [0, 0.1) is 5.41 Å². The van der Waals surface area contributed by atoms with Crippen molar-refractivity contribution in [3.05, 3.63) is 18.5 Å². The molecule has 0 bridgehead atoms. The molecule has 1 aromatic rings. The molecule has 1 heterocycles. The minimum Gasteiger partial charge on any atom is -0.356 e. The highest BCUT2D eigenvalue weighted by Gasteiger charge is 2.42. The zero-order valence-electron chi connectivity index (χ0n) is 15.5. The molecule has 1 aliphatic rings. The maximum absolute atomic E-state index is 12.6. The predicted octanol–water partition coefficient (Wildman–Crippen LogP) is 1.70. The lowest BCUT2D eigenvalue weighted by atomic mass is 9.84. The molecule has 142 valence electrons. The lowest BCUT2D eigenvalue weighted by molar-refractivity contribution is -0.138. The molecule has 0 atom stereocenters. The van der Waals surface area contributed by atoms with Gasteiger partial charge >= 0.3 is 0 Å². The Morgan fingerprint density at radius 2 is 2.04 bits per heavy atom. The van der Waals surface area contributed by atoms with Crippen LogP contribution in [0.15, 0.2) is 23.5 Å². The van der Waals surface area contributed by atoms with Gasteiger partial charge in [0.2, 0.25) is 5.91 Å². The summed E-state index contributed by atoms with van der Waals surface area (Å²) in [6.07, 6.45) is 8.86. The van der Waals surface area contributed by atoms with E-state index in [4.69, 9.17) is 0 Å². The summed E-state index contributed by atoms with van der Waals surface area (Å²) in [6, 6.07) is 1.93. The van der Waals surface area contributed by atoms with Gasteiger partial charge in [0.1, 0.15) is 0 Å². The van der Waals surface area contributed by atoms with E-state index in [2.05, 4.69) is 20.7 Å². The number of guanidine groups is 1. The molecular formula is C17H31IN6O. The van der Waals surface area contributed by atoms with Gasteiger partial charge in [0, 0.05) is 53.2 Å². The molecule has 2 rings (SSSR count). The fraction of sp³-hybridized carbons (Fsp3) is 0.706. The quantitative estimate of drug-likeness (QED) is 0.280. The number of carbonyl (C=O) groups is 1. The Hall–Kier alpha value is -1.32. The number of rotatable bonds is 7. The molecule has 1 aliphatic carbocycles. The Morgan fingerprint density at radius 1 is 1.32 bits per heavy atom. The van der Waals surface area contributed by atoms with Crippen LogP contribution in [-0.2, 0) is 11.3 Å². The minimum absolute atomic E-state index is 0. The van der Waals surface area contributed by atoms with Gasteiger partial charge in [0.15, 0.2) is 5.96 Å². The summed E-state index contributed by atoms with van der Waals surface area (Å²) in [5, 5.41) is 10.9. The molecule has 1 amide bonds. The average molecular weight is 462 g/mol. The van der Waals surface area contributed by atoms with Crippen LogP contribution >= 0.6 is 24.0 Å². The Morgan fingerprint density at radius 3 is 2.60 bits per heavy atom. The minimum atomic E-state index is -0.282. The second-order valence-corrected chi connectivity index (χ2v) is 6.66. The molecule has 0 radical (unpaired) electrons. The Labute approximate surface area is 167 Å². The lowest BCUT2D eigenvalue weighted by Crippen LogP contribution is -2.49. The third kappa shape index (κ3) is 6.16. The van der Waals surface area contributed by atoms with Crippen molar-refractivity contribution < 1.29 is 4.79 Å². The number of hydrogen-bond acceptors (Lipinski definition) is 3. The number of aryl methyl sites for hydroxylation is 1. The van der Waals surface area contributed by atoms with E-state index in [-0.39, 0.29) is 35.3 Å². The summed E-state index contributed by atoms with van der Waals surface area (Å²) >= 11 is 0. The maximum Gasteiger partial charge on any atom is 0.230 e. The van der Waals surface area contributed by atoms with Crippen LogP contribution in [-0.4, -0.2) is 60.8 Å². The number of halogens is 1. The normalized spacial score (nSPS) is 16.2. The third-order valence-electron chi connectivity index (χ3n) is 4.65. The van der Waals surface area contributed by atoms with Crippen molar-refractivity contribution in [1.82, 2.24) is 25.3 Å². The van der Waals surface area contributed by atoms with Crippen molar-refractivity contribution in [2.75, 3.05) is 34.2 Å². The number of aromatic nitrogens is 2. The fourth-order valence-corrected chi connectivity index (χ4v) is 3.35. The van der Waals surface area contributed by atoms with Gasteiger partial charge in [-0.25, -0.2) is 0 Å². The summed E-state index contributed by atoms with van der Waals surface area (Å²) in [5.74, 6) is 0.981. The molecule has 7 nitrogen and oxygen atoms in total. The molecule has 8 heteroatoms. The molecule has 2 N–H and O–H groups in total. The van der Waals surface area contributed by atoms with Gasteiger partial charge < -0.3 is 15.5 Å². The van der Waals surface area contributed by atoms with Gasteiger partial charge in [-0.2, -0.15) is 5.10 Å². The topological polar surface area (TPSA) is 74.5 Å². The van der Waals surface area contributed by atoms with E-state index in [1.54, 1.807) is 18.1 Å². The van der Waals surface area contributed by atoms with Crippen molar-refractivity contribution in [3.8, 4) is 0 Å². The average Bonchev–Trinajstić information content (AvgIpc) is 3.25. The van der Waals surface area contributed by atoms with Gasteiger partial charge in [0.05, 0.1) is 5.41 Å². The van der Waals surface area contributed by atoms with Crippen LogP contribution in [0.4, 0.5) is 0 Å². The molecule has 0 spiro atoms. The first-order valence-corrected chi connectivity index (χ1v) is 8.71. The second-order valence-electron chi connectivity index (χ2n) is 6.66. The first-order chi connectivity index (χ1) is 11.6. The van der Waals surface area contributed by atoms with Crippen LogP contribution in [0.3, 0.4) is 0 Å². The number of nitrogens with one attached hydrogen (secondary N) is 2. The molecule has 0 aromatic carbocycles. The van der Waals surface area contributed by atoms with Gasteiger partial charge in [-0.05, 0) is 25.3 Å². The zero-order valence-corrected chi connectivity index (χ0v) is 17.8. The van der Waals surface area contributed by atoms with Crippen LogP contribution in [0.1, 0.15) is 32.1 Å². The Balaban J connectivity index is 0.00000312. The van der Waals surface area contributed by atoms with Gasteiger partial charge in [0.25, 0.3) is 0 Å². The first-order valence-electron chi connectivity index (χ1n) is 8.71. The number of nitrogens with zero attached hydrogens (tertiary/aromatic N) is 4. The van der Waals surface area contributed by atoms with Gasteiger partial charge in [-0.1, -0.05) is 12.8 Å². The second kappa shape index (κ2) is 10.6. The highest BCUT2D eigenvalue weighted by atomic mass is 127. The molecule has 0 saturated heterocycles. The number of amides is 1. The van der Waals surface area contributed by atoms with Crippen molar-refractivity contribution in [2.45, 2.75) is 38.6 Å². The summed E-state index contributed by atoms with van der Waals surface area (Å²) in [6.45, 7) is 2.33. The van der Waals surface area contributed by atoms with E-state index >= 15 is 0 Å². The summed E-state index contributed by atoms with van der Waals surface area (Å²) in [4.78, 5) is 18.6. The molecular weight excluding hydrogens is 431 g/mol. The van der Waals surface area contributed by atoms with Crippen LogP contribution in [0.25, 0.3) is 0 Å². The first kappa shape index (κ1) is 21.7. The maximum atomic E-state index is 12.6. The van der Waals surface area contributed by atoms with Gasteiger partial charge in [-0.15, -0.1) is 24.0 Å². The number of hydrogen-bond donors (Lipinski definition) is 2. The third-order valence-corrected chi connectivity index (χ3v) is 4.65. The Bertz CT molecular complexity index is 537. The van der Waals surface area contributed by atoms with Crippen LogP contribution < -0.4 is 10.6 Å². The number of aliphatic imine (C=N–C) groups is 1. The van der Waals surface area contributed by atoms with E-state index in [9.17, 15) is 4.79 Å². The molecule has 0 aliphatic heterocycles. The van der Waals surface area contributed by atoms with Crippen LogP contribution in [0.5, 0.6) is 0 Å². The smallest absolute Gasteiger partial charge is 0.230 e. The van der Waals surface area contributed by atoms with Gasteiger partial charge in [-0.3, -0.25) is 14.5 Å². The van der Waals surface area contributed by atoms with Crippen molar-refractivity contribution >= 4 is 35.8 Å². The van der Waals surface area contributed by atoms with Crippen LogP contribution in [0.2, 0.25) is 0 Å². The summed E-state index contributed by atoms with van der Waals surface area (Å²) < 4.78 is 1.92. The molecule has 1 aromatic heterocycles. The van der Waals surface area contributed by atoms with E-state index in [0.29, 0.717) is 6.54 Å². The van der Waals surface area contributed by atoms with E-state index in [0.717, 1.165) is 51.2 Å². The zero-order chi connectivity index (χ0) is 17.4. The SMILES string of the molecule is CN=C(NCCCn1cccn1)NCC1(C(=O)N(C)C)CCCC1.I. The fourth-order valence-electron chi connectivity index (χ4n) is 3.35. The predicted molar refractivity (Wildman–Crippen MR) is 111 cm³/mol. The Kier molecular flexibility index (Phi) is 9.23. The van der Waals surface area contributed by atoms with Crippen molar-refractivity contribution in [3.63, 3.8) is 0 Å². The molecule has 1 fully saturated rings. The molecule has 0 unspecified atom stereocenters. The summed E-state index contributed by atoms with van der Waals surface area (Å²) in [5.41, 5.74) is -0.282. The van der Waals surface area contributed by atoms with E-state index in [1.165, 1.54) is 0 Å². The largest absolute Gasteiger partial charge is 0.356 e. The highest BCUT2D eigenvalue weighted by Crippen LogP contribution is 2.38. The highest BCUT2D eigenvalue weighted by molar-refractivity contribution is 14.0. The standard InChI is InChI=1S/C17H30N6O.HI/c1-18-16(19-10-6-12-23-13-7-11-21-23)20-14-17(8-4-5-9-17)15(24)22(2)3;/h7,11,13H,4-6,8-10,12,14H2,1-3H3,(H2,18,19,20);1H. The molecule has 25 heavy (non-hydrogen) atoms. The summed E-state index contributed by atoms with van der Waals surface area (Å²) in [7, 11) is 5.44. The van der Waals surface area contributed by atoms with Crippen molar-refractivity contribution in [1.29, 1.82) is 0 Å². The van der Waals surface area contributed by atoms with E-state index in [1.807, 2.05) is 31.0 Å². The molecule has 1 saturated carbocycles. The monoisotopic (exact) mass is 462 g/mol. The number of carbonyl (C=O) groups excluding carboxylic acids is 1. The van der Waals surface area contributed by atoms with Crippen molar-refractivity contribution in [2.24, 2.45) is 10.4 Å². The van der Waals surface area contributed by atoms with E-state index < -0.39 is 0 Å².